The molecule has 3 rings (SSSR count). The molecule has 0 aliphatic carbocycles. The zero-order chi connectivity index (χ0) is 12.6. The molecule has 0 bridgehead atoms. The van der Waals surface area contributed by atoms with Crippen LogP contribution in [0, 0.1) is 6.92 Å². The minimum Gasteiger partial charge on any atom is -0.315 e. The standard InChI is InChI=1S/C15H16BrNS/c1-11-2-4-12(5-3-11)15(9-17-10-15)7-14-6-13(16)8-18-14/h2-6,8,17H,7,9-10H2,1H3. The fourth-order valence-electron chi connectivity index (χ4n) is 2.55. The number of hydrogen-bond acceptors (Lipinski definition) is 2. The summed E-state index contributed by atoms with van der Waals surface area (Å²) in [6.45, 7) is 4.32. The van der Waals surface area contributed by atoms with Crippen molar-refractivity contribution < 1.29 is 0 Å². The van der Waals surface area contributed by atoms with Gasteiger partial charge in [-0.1, -0.05) is 29.8 Å². The number of halogens is 1. The van der Waals surface area contributed by atoms with Crippen molar-refractivity contribution in [2.75, 3.05) is 13.1 Å². The van der Waals surface area contributed by atoms with Crippen LogP contribution in [0.1, 0.15) is 16.0 Å². The van der Waals surface area contributed by atoms with Gasteiger partial charge in [0.15, 0.2) is 0 Å². The van der Waals surface area contributed by atoms with Crippen LogP contribution in [-0.4, -0.2) is 13.1 Å². The largest absolute Gasteiger partial charge is 0.315 e. The number of benzene rings is 1. The van der Waals surface area contributed by atoms with Gasteiger partial charge >= 0.3 is 0 Å². The Balaban J connectivity index is 1.88. The van der Waals surface area contributed by atoms with Crippen LogP contribution in [0.4, 0.5) is 0 Å². The van der Waals surface area contributed by atoms with Gasteiger partial charge in [-0.05, 0) is 40.9 Å². The third-order valence-corrected chi connectivity index (χ3v) is 5.42. The summed E-state index contributed by atoms with van der Waals surface area (Å²) >= 11 is 5.39. The van der Waals surface area contributed by atoms with Crippen LogP contribution in [0.2, 0.25) is 0 Å². The predicted molar refractivity (Wildman–Crippen MR) is 81.4 cm³/mol. The minimum absolute atomic E-state index is 0.304. The van der Waals surface area contributed by atoms with Crippen molar-refractivity contribution in [2.45, 2.75) is 18.8 Å². The van der Waals surface area contributed by atoms with E-state index in [4.69, 9.17) is 0 Å². The summed E-state index contributed by atoms with van der Waals surface area (Å²) in [5, 5.41) is 5.61. The number of thiophene rings is 1. The van der Waals surface area contributed by atoms with E-state index in [9.17, 15) is 0 Å². The van der Waals surface area contributed by atoms with Crippen molar-refractivity contribution in [1.82, 2.24) is 5.32 Å². The predicted octanol–water partition coefficient (Wildman–Crippen LogP) is 3.90. The lowest BCUT2D eigenvalue weighted by atomic mass is 9.72. The molecule has 0 atom stereocenters. The number of nitrogens with one attached hydrogen (secondary N) is 1. The summed E-state index contributed by atoms with van der Waals surface area (Å²) < 4.78 is 1.20. The average Bonchev–Trinajstić information content (AvgIpc) is 2.71. The SMILES string of the molecule is Cc1ccc(C2(Cc3cc(Br)cs3)CNC2)cc1. The fraction of sp³-hybridized carbons (Fsp3) is 0.333. The molecule has 0 spiro atoms. The highest BCUT2D eigenvalue weighted by Gasteiger charge is 2.38. The molecule has 0 unspecified atom stereocenters. The number of hydrogen-bond donors (Lipinski definition) is 1. The van der Waals surface area contributed by atoms with Gasteiger partial charge in [-0.2, -0.15) is 0 Å². The molecule has 94 valence electrons. The highest BCUT2D eigenvalue weighted by Crippen LogP contribution is 2.35. The van der Waals surface area contributed by atoms with Crippen LogP contribution in [0.5, 0.6) is 0 Å². The van der Waals surface area contributed by atoms with E-state index in [2.05, 4.69) is 63.9 Å². The smallest absolute Gasteiger partial charge is 0.0285 e. The topological polar surface area (TPSA) is 12.0 Å². The van der Waals surface area contributed by atoms with Gasteiger partial charge in [0.05, 0.1) is 0 Å². The van der Waals surface area contributed by atoms with Crippen LogP contribution in [0.3, 0.4) is 0 Å². The highest BCUT2D eigenvalue weighted by atomic mass is 79.9. The van der Waals surface area contributed by atoms with E-state index in [1.165, 1.54) is 20.5 Å². The van der Waals surface area contributed by atoms with Crippen LogP contribution < -0.4 is 5.32 Å². The Hall–Kier alpha value is -0.640. The van der Waals surface area contributed by atoms with Crippen molar-refractivity contribution in [2.24, 2.45) is 0 Å². The van der Waals surface area contributed by atoms with Crippen LogP contribution >= 0.6 is 27.3 Å². The molecule has 1 nitrogen and oxygen atoms in total. The van der Waals surface area contributed by atoms with E-state index >= 15 is 0 Å². The van der Waals surface area contributed by atoms with E-state index in [1.54, 1.807) is 0 Å². The molecule has 0 radical (unpaired) electrons. The Morgan fingerprint density at radius 1 is 1.28 bits per heavy atom. The maximum Gasteiger partial charge on any atom is 0.0285 e. The quantitative estimate of drug-likeness (QED) is 0.904. The first-order valence-corrected chi connectivity index (χ1v) is 7.86. The zero-order valence-corrected chi connectivity index (χ0v) is 12.8. The number of rotatable bonds is 3. The van der Waals surface area contributed by atoms with Crippen LogP contribution in [-0.2, 0) is 11.8 Å². The molecule has 1 saturated heterocycles. The third-order valence-electron chi connectivity index (χ3n) is 3.73. The van der Waals surface area contributed by atoms with Crippen LogP contribution in [0.25, 0.3) is 0 Å². The lowest BCUT2D eigenvalue weighted by molar-refractivity contribution is 0.276. The van der Waals surface area contributed by atoms with Crippen molar-refractivity contribution in [3.63, 3.8) is 0 Å². The summed E-state index contributed by atoms with van der Waals surface area (Å²) in [6.07, 6.45) is 1.14. The summed E-state index contributed by atoms with van der Waals surface area (Å²) in [5.41, 5.74) is 3.11. The van der Waals surface area contributed by atoms with E-state index in [0.717, 1.165) is 19.5 Å². The molecule has 0 amide bonds. The first-order valence-electron chi connectivity index (χ1n) is 6.19. The summed E-state index contributed by atoms with van der Waals surface area (Å²) in [4.78, 5) is 1.46. The molecule has 1 aromatic heterocycles. The molecule has 1 aliphatic rings. The molecule has 1 aromatic carbocycles. The maximum absolute atomic E-state index is 3.54. The maximum atomic E-state index is 3.54. The second kappa shape index (κ2) is 4.80. The Morgan fingerprint density at radius 3 is 2.50 bits per heavy atom. The molecule has 1 fully saturated rings. The zero-order valence-electron chi connectivity index (χ0n) is 10.4. The number of aryl methyl sites for hydroxylation is 1. The van der Waals surface area contributed by atoms with Crippen molar-refractivity contribution in [3.05, 3.63) is 56.2 Å². The molecular weight excluding hydrogens is 306 g/mol. The van der Waals surface area contributed by atoms with Crippen molar-refractivity contribution in [1.29, 1.82) is 0 Å². The van der Waals surface area contributed by atoms with Crippen molar-refractivity contribution in [3.8, 4) is 0 Å². The van der Waals surface area contributed by atoms with Gasteiger partial charge in [0.1, 0.15) is 0 Å². The molecule has 3 heteroatoms. The van der Waals surface area contributed by atoms with Crippen LogP contribution in [0.15, 0.2) is 40.2 Å². The second-order valence-electron chi connectivity index (χ2n) is 5.16. The molecule has 1 N–H and O–H groups in total. The van der Waals surface area contributed by atoms with E-state index in [1.807, 2.05) is 11.3 Å². The van der Waals surface area contributed by atoms with Gasteiger partial charge in [-0.3, -0.25) is 0 Å². The van der Waals surface area contributed by atoms with Gasteiger partial charge in [0.25, 0.3) is 0 Å². The molecule has 2 aromatic rings. The normalized spacial score (nSPS) is 17.4. The van der Waals surface area contributed by atoms with Gasteiger partial charge < -0.3 is 5.32 Å². The first kappa shape index (κ1) is 12.4. The monoisotopic (exact) mass is 321 g/mol. The summed E-state index contributed by atoms with van der Waals surface area (Å²) in [5.74, 6) is 0. The molecule has 1 aliphatic heterocycles. The van der Waals surface area contributed by atoms with E-state index in [-0.39, 0.29) is 0 Å². The molecule has 18 heavy (non-hydrogen) atoms. The first-order chi connectivity index (χ1) is 8.68. The highest BCUT2D eigenvalue weighted by molar-refractivity contribution is 9.10. The van der Waals surface area contributed by atoms with Gasteiger partial charge in [0, 0.05) is 33.2 Å². The van der Waals surface area contributed by atoms with E-state index < -0.39 is 0 Å². The minimum atomic E-state index is 0.304. The summed E-state index contributed by atoms with van der Waals surface area (Å²) in [7, 11) is 0. The Bertz CT molecular complexity index is 540. The molecular formula is C15H16BrNS. The average molecular weight is 322 g/mol. The summed E-state index contributed by atoms with van der Waals surface area (Å²) in [6, 6.07) is 11.3. The molecule has 0 saturated carbocycles. The van der Waals surface area contributed by atoms with Gasteiger partial charge in [-0.25, -0.2) is 0 Å². The Kier molecular flexibility index (Phi) is 3.31. The lowest BCUT2D eigenvalue weighted by Crippen LogP contribution is -2.58. The molecule has 2 heterocycles. The van der Waals surface area contributed by atoms with Crippen molar-refractivity contribution >= 4 is 27.3 Å². The Labute approximate surface area is 120 Å². The van der Waals surface area contributed by atoms with Gasteiger partial charge in [0.2, 0.25) is 0 Å². The second-order valence-corrected chi connectivity index (χ2v) is 7.07. The fourth-order valence-corrected chi connectivity index (χ4v) is 4.14. The van der Waals surface area contributed by atoms with E-state index in [0.29, 0.717) is 5.41 Å². The lowest BCUT2D eigenvalue weighted by Gasteiger charge is -2.43. The third kappa shape index (κ3) is 2.27. The van der Waals surface area contributed by atoms with Gasteiger partial charge in [-0.15, -0.1) is 11.3 Å². The Morgan fingerprint density at radius 2 is 2.00 bits per heavy atom.